The fourth-order valence-electron chi connectivity index (χ4n) is 1.95. The maximum absolute atomic E-state index is 11.0. The van der Waals surface area contributed by atoms with Crippen LogP contribution in [-0.4, -0.2) is 23.2 Å². The van der Waals surface area contributed by atoms with Gasteiger partial charge in [0.2, 0.25) is 0 Å². The number of rotatable bonds is 5. The molecule has 100 valence electrons. The zero-order valence-corrected chi connectivity index (χ0v) is 11.6. The Kier molecular flexibility index (Phi) is 4.35. The van der Waals surface area contributed by atoms with E-state index in [1.165, 1.54) is 5.56 Å². The minimum absolute atomic E-state index is 0.272. The summed E-state index contributed by atoms with van der Waals surface area (Å²) in [6.45, 7) is 2.83. The lowest BCUT2D eigenvalue weighted by molar-refractivity contribution is 0.111. The van der Waals surface area contributed by atoms with E-state index < -0.39 is 0 Å². The van der Waals surface area contributed by atoms with Gasteiger partial charge in [-0.3, -0.25) is 4.79 Å². The lowest BCUT2D eigenvalue weighted by atomic mass is 10.1. The molecule has 1 aromatic heterocycles. The topological polar surface area (TPSA) is 44.1 Å². The Balaban J connectivity index is 2.32. The van der Waals surface area contributed by atoms with Crippen LogP contribution < -0.4 is 0 Å². The first kappa shape index (κ1) is 13.8. The number of carbonyl (C=O) groups is 1. The standard InChI is InChI=1S/C14H15ClN2O2/c1-10-4-3-5-11(6-10)7-17-14(15)12(8-18)13(16-17)9-19-2/h3-6,8H,7,9H2,1-2H3. The first-order valence-electron chi connectivity index (χ1n) is 5.90. The molecular formula is C14H15ClN2O2. The van der Waals surface area contributed by atoms with Crippen LogP contribution in [0.15, 0.2) is 24.3 Å². The Morgan fingerprint density at radius 2 is 2.26 bits per heavy atom. The number of aromatic nitrogens is 2. The van der Waals surface area contributed by atoms with Crippen LogP contribution in [0.4, 0.5) is 0 Å². The van der Waals surface area contributed by atoms with E-state index in [2.05, 4.69) is 11.2 Å². The molecule has 0 amide bonds. The summed E-state index contributed by atoms with van der Waals surface area (Å²) in [5.74, 6) is 0. The predicted octanol–water partition coefficient (Wildman–Crippen LogP) is 2.85. The number of methoxy groups -OCH3 is 1. The highest BCUT2D eigenvalue weighted by Gasteiger charge is 2.15. The number of aryl methyl sites for hydroxylation is 1. The number of halogens is 1. The quantitative estimate of drug-likeness (QED) is 0.790. The van der Waals surface area contributed by atoms with Crippen molar-refractivity contribution in [3.05, 3.63) is 51.8 Å². The van der Waals surface area contributed by atoms with E-state index in [0.29, 0.717) is 23.0 Å². The molecule has 0 spiro atoms. The van der Waals surface area contributed by atoms with Crippen LogP contribution in [0, 0.1) is 6.92 Å². The zero-order chi connectivity index (χ0) is 13.8. The Morgan fingerprint density at radius 1 is 1.47 bits per heavy atom. The van der Waals surface area contributed by atoms with Crippen LogP contribution >= 0.6 is 11.6 Å². The number of hydrogen-bond donors (Lipinski definition) is 0. The molecule has 19 heavy (non-hydrogen) atoms. The Hall–Kier alpha value is -1.65. The van der Waals surface area contributed by atoms with Crippen molar-refractivity contribution < 1.29 is 9.53 Å². The molecule has 4 nitrogen and oxygen atoms in total. The van der Waals surface area contributed by atoms with Crippen molar-refractivity contribution >= 4 is 17.9 Å². The number of hydrogen-bond acceptors (Lipinski definition) is 3. The molecule has 0 aliphatic heterocycles. The number of benzene rings is 1. The van der Waals surface area contributed by atoms with E-state index >= 15 is 0 Å². The molecule has 0 atom stereocenters. The summed E-state index contributed by atoms with van der Waals surface area (Å²) in [4.78, 5) is 11.0. The molecule has 1 aromatic carbocycles. The summed E-state index contributed by atoms with van der Waals surface area (Å²) in [6, 6.07) is 8.08. The van der Waals surface area contributed by atoms with Gasteiger partial charge in [0.05, 0.1) is 18.7 Å². The number of nitrogens with zero attached hydrogens (tertiary/aromatic N) is 2. The van der Waals surface area contributed by atoms with Gasteiger partial charge in [-0.25, -0.2) is 4.68 Å². The van der Waals surface area contributed by atoms with Gasteiger partial charge in [-0.15, -0.1) is 0 Å². The van der Waals surface area contributed by atoms with Crippen molar-refractivity contribution in [3.8, 4) is 0 Å². The lowest BCUT2D eigenvalue weighted by Gasteiger charge is -2.04. The van der Waals surface area contributed by atoms with Crippen LogP contribution in [0.2, 0.25) is 5.15 Å². The minimum atomic E-state index is 0.272. The highest BCUT2D eigenvalue weighted by Crippen LogP contribution is 2.20. The van der Waals surface area contributed by atoms with E-state index in [4.69, 9.17) is 16.3 Å². The molecule has 0 aliphatic rings. The average Bonchev–Trinajstić information content (AvgIpc) is 2.66. The van der Waals surface area contributed by atoms with Crippen molar-refractivity contribution in [2.75, 3.05) is 7.11 Å². The Bertz CT molecular complexity index is 593. The summed E-state index contributed by atoms with van der Waals surface area (Å²) in [5, 5.41) is 4.67. The second kappa shape index (κ2) is 5.99. The van der Waals surface area contributed by atoms with E-state index in [0.717, 1.165) is 11.8 Å². The molecule has 0 saturated carbocycles. The molecule has 0 unspecified atom stereocenters. The van der Waals surface area contributed by atoms with E-state index in [-0.39, 0.29) is 6.61 Å². The second-order valence-corrected chi connectivity index (χ2v) is 4.71. The van der Waals surface area contributed by atoms with Gasteiger partial charge in [0.15, 0.2) is 6.29 Å². The molecule has 0 radical (unpaired) electrons. The normalized spacial score (nSPS) is 10.7. The fourth-order valence-corrected chi connectivity index (χ4v) is 2.20. The van der Waals surface area contributed by atoms with Gasteiger partial charge in [-0.2, -0.15) is 5.10 Å². The van der Waals surface area contributed by atoms with E-state index in [1.54, 1.807) is 11.8 Å². The molecule has 2 aromatic rings. The summed E-state index contributed by atoms with van der Waals surface area (Å²) in [7, 11) is 1.56. The first-order valence-corrected chi connectivity index (χ1v) is 6.28. The highest BCUT2D eigenvalue weighted by atomic mass is 35.5. The van der Waals surface area contributed by atoms with Crippen molar-refractivity contribution in [1.82, 2.24) is 9.78 Å². The van der Waals surface area contributed by atoms with E-state index in [9.17, 15) is 4.79 Å². The molecule has 0 bridgehead atoms. The third kappa shape index (κ3) is 3.03. The van der Waals surface area contributed by atoms with Crippen LogP contribution in [0.3, 0.4) is 0 Å². The maximum atomic E-state index is 11.0. The van der Waals surface area contributed by atoms with Crippen LogP contribution in [-0.2, 0) is 17.9 Å². The predicted molar refractivity (Wildman–Crippen MR) is 73.6 cm³/mol. The minimum Gasteiger partial charge on any atom is -0.378 e. The lowest BCUT2D eigenvalue weighted by Crippen LogP contribution is -2.03. The second-order valence-electron chi connectivity index (χ2n) is 4.35. The third-order valence-electron chi connectivity index (χ3n) is 2.81. The van der Waals surface area contributed by atoms with Gasteiger partial charge >= 0.3 is 0 Å². The molecule has 2 rings (SSSR count). The third-order valence-corrected chi connectivity index (χ3v) is 3.21. The van der Waals surface area contributed by atoms with Crippen LogP contribution in [0.5, 0.6) is 0 Å². The number of ether oxygens (including phenoxy) is 1. The summed E-state index contributed by atoms with van der Waals surface area (Å²) >= 11 is 6.17. The van der Waals surface area contributed by atoms with Crippen molar-refractivity contribution in [2.45, 2.75) is 20.1 Å². The zero-order valence-electron chi connectivity index (χ0n) is 10.9. The van der Waals surface area contributed by atoms with E-state index in [1.807, 2.05) is 25.1 Å². The molecule has 0 fully saturated rings. The van der Waals surface area contributed by atoms with Gasteiger partial charge in [-0.1, -0.05) is 41.4 Å². The summed E-state index contributed by atoms with van der Waals surface area (Å²) < 4.78 is 6.63. The molecule has 5 heteroatoms. The van der Waals surface area contributed by atoms with Gasteiger partial charge < -0.3 is 4.74 Å². The SMILES string of the molecule is COCc1nn(Cc2cccc(C)c2)c(Cl)c1C=O. The maximum Gasteiger partial charge on any atom is 0.155 e. The number of aldehydes is 1. The Labute approximate surface area is 116 Å². The highest BCUT2D eigenvalue weighted by molar-refractivity contribution is 6.32. The first-order chi connectivity index (χ1) is 9.15. The van der Waals surface area contributed by atoms with Gasteiger partial charge in [-0.05, 0) is 12.5 Å². The van der Waals surface area contributed by atoms with Gasteiger partial charge in [0.25, 0.3) is 0 Å². The fraction of sp³-hybridized carbons (Fsp3) is 0.286. The number of carbonyl (C=O) groups excluding carboxylic acids is 1. The van der Waals surface area contributed by atoms with Crippen LogP contribution in [0.1, 0.15) is 27.2 Å². The van der Waals surface area contributed by atoms with Gasteiger partial charge in [0.1, 0.15) is 10.8 Å². The Morgan fingerprint density at radius 3 is 2.89 bits per heavy atom. The monoisotopic (exact) mass is 278 g/mol. The molecule has 0 N–H and O–H groups in total. The van der Waals surface area contributed by atoms with Crippen molar-refractivity contribution in [3.63, 3.8) is 0 Å². The van der Waals surface area contributed by atoms with Crippen LogP contribution in [0.25, 0.3) is 0 Å². The van der Waals surface area contributed by atoms with Crippen molar-refractivity contribution in [2.24, 2.45) is 0 Å². The van der Waals surface area contributed by atoms with Crippen molar-refractivity contribution in [1.29, 1.82) is 0 Å². The molecule has 0 saturated heterocycles. The summed E-state index contributed by atoms with van der Waals surface area (Å²) in [5.41, 5.74) is 3.23. The van der Waals surface area contributed by atoms with Gasteiger partial charge in [0, 0.05) is 7.11 Å². The summed E-state index contributed by atoms with van der Waals surface area (Å²) in [6.07, 6.45) is 0.719. The average molecular weight is 279 g/mol. The molecule has 1 heterocycles. The largest absolute Gasteiger partial charge is 0.378 e. The molecule has 0 aliphatic carbocycles. The molecular weight excluding hydrogens is 264 g/mol. The smallest absolute Gasteiger partial charge is 0.155 e.